The topological polar surface area (TPSA) is 61.8 Å². The highest BCUT2D eigenvalue weighted by molar-refractivity contribution is 5.87. The molecule has 0 aliphatic heterocycles. The van der Waals surface area contributed by atoms with Crippen LogP contribution in [0.4, 0.5) is 0 Å². The fraction of sp³-hybridized carbons (Fsp3) is 0.444. The van der Waals surface area contributed by atoms with Crippen LogP contribution in [0.5, 0.6) is 11.5 Å². The van der Waals surface area contributed by atoms with Crippen LogP contribution in [0, 0.1) is 0 Å². The molecule has 0 bridgehead atoms. The van der Waals surface area contributed by atoms with Gasteiger partial charge in [0.2, 0.25) is 0 Å². The van der Waals surface area contributed by atoms with E-state index in [9.17, 15) is 9.59 Å². The average molecular weight is 320 g/mol. The van der Waals surface area contributed by atoms with Gasteiger partial charge in [0.25, 0.3) is 0 Å². The average Bonchev–Trinajstić information content (AvgIpc) is 2.53. The van der Waals surface area contributed by atoms with Crippen LogP contribution in [-0.4, -0.2) is 25.7 Å². The Kier molecular flexibility index (Phi) is 8.50. The minimum Gasteiger partial charge on any atom is -0.493 e. The Hall–Kier alpha value is -2.30. The molecule has 0 heterocycles. The number of methoxy groups -OCH3 is 1. The Balaban J connectivity index is 2.55. The van der Waals surface area contributed by atoms with Crippen molar-refractivity contribution in [3.63, 3.8) is 0 Å². The summed E-state index contributed by atoms with van der Waals surface area (Å²) in [7, 11) is 1.49. The fourth-order valence-electron chi connectivity index (χ4n) is 1.94. The number of carbonyl (C=O) groups is 2. The number of benzene rings is 1. The predicted octanol–water partition coefficient (Wildman–Crippen LogP) is 3.76. The molecule has 0 unspecified atom stereocenters. The number of ether oxygens (including phenoxy) is 3. The molecule has 0 aliphatic carbocycles. The van der Waals surface area contributed by atoms with Crippen LogP contribution < -0.4 is 9.47 Å². The zero-order valence-corrected chi connectivity index (χ0v) is 14.0. The van der Waals surface area contributed by atoms with Gasteiger partial charge in [0.1, 0.15) is 0 Å². The molecular weight excluding hydrogens is 296 g/mol. The minimum absolute atomic E-state index is 0.343. The number of carbonyl (C=O) groups excluding carboxylic acids is 2. The molecule has 0 radical (unpaired) electrons. The first-order valence-electron chi connectivity index (χ1n) is 7.78. The van der Waals surface area contributed by atoms with E-state index in [4.69, 9.17) is 14.2 Å². The van der Waals surface area contributed by atoms with Gasteiger partial charge >= 0.3 is 11.9 Å². The second kappa shape index (κ2) is 10.4. The highest BCUT2D eigenvalue weighted by Gasteiger charge is 2.07. The third-order valence-corrected chi connectivity index (χ3v) is 3.10. The molecule has 0 aromatic heterocycles. The smallest absolute Gasteiger partial charge is 0.330 e. The molecule has 1 rings (SSSR count). The Morgan fingerprint density at radius 2 is 1.91 bits per heavy atom. The van der Waals surface area contributed by atoms with Crippen molar-refractivity contribution in [3.8, 4) is 11.5 Å². The van der Waals surface area contributed by atoms with E-state index in [1.165, 1.54) is 20.1 Å². The fourth-order valence-corrected chi connectivity index (χ4v) is 1.94. The molecule has 0 saturated heterocycles. The summed E-state index contributed by atoms with van der Waals surface area (Å²) in [6.07, 6.45) is 7.27. The van der Waals surface area contributed by atoms with Gasteiger partial charge in [-0.1, -0.05) is 32.3 Å². The number of unbranched alkanes of at least 4 members (excludes halogenated alkanes) is 3. The van der Waals surface area contributed by atoms with Crippen molar-refractivity contribution in [2.24, 2.45) is 0 Å². The van der Waals surface area contributed by atoms with Crippen LogP contribution in [0.3, 0.4) is 0 Å². The summed E-state index contributed by atoms with van der Waals surface area (Å²) in [6.45, 7) is 3.90. The Labute approximate surface area is 137 Å². The van der Waals surface area contributed by atoms with Gasteiger partial charge in [-0.3, -0.25) is 4.79 Å². The zero-order valence-electron chi connectivity index (χ0n) is 14.0. The van der Waals surface area contributed by atoms with Crippen LogP contribution in [0.1, 0.15) is 45.1 Å². The Morgan fingerprint density at radius 3 is 2.57 bits per heavy atom. The molecule has 0 amide bonds. The second-order valence-corrected chi connectivity index (χ2v) is 5.07. The number of hydrogen-bond acceptors (Lipinski definition) is 5. The van der Waals surface area contributed by atoms with Crippen molar-refractivity contribution in [2.45, 2.75) is 39.5 Å². The van der Waals surface area contributed by atoms with Crippen molar-refractivity contribution in [2.75, 3.05) is 13.7 Å². The molecule has 1 aromatic rings. The van der Waals surface area contributed by atoms with Crippen LogP contribution in [0.15, 0.2) is 24.3 Å². The normalized spacial score (nSPS) is 10.6. The largest absolute Gasteiger partial charge is 0.493 e. The van der Waals surface area contributed by atoms with Gasteiger partial charge in [-0.2, -0.15) is 0 Å². The summed E-state index contributed by atoms with van der Waals surface area (Å²) in [5.74, 6) is -0.0197. The zero-order chi connectivity index (χ0) is 17.1. The van der Waals surface area contributed by atoms with Gasteiger partial charge in [0.05, 0.1) is 13.7 Å². The molecule has 0 atom stereocenters. The summed E-state index contributed by atoms with van der Waals surface area (Å²) >= 11 is 0. The standard InChI is InChI=1S/C18H24O5/c1-4-5-6-7-12-22-18(20)11-9-15-8-10-16(23-14(2)19)17(13-15)21-3/h8-11,13H,4-7,12H2,1-3H3. The SMILES string of the molecule is CCCCCCOC(=O)C=Cc1ccc(OC(C)=O)c(OC)c1. The number of hydrogen-bond donors (Lipinski definition) is 0. The maximum Gasteiger partial charge on any atom is 0.330 e. The lowest BCUT2D eigenvalue weighted by atomic mass is 10.2. The van der Waals surface area contributed by atoms with Gasteiger partial charge in [-0.05, 0) is 30.2 Å². The second-order valence-electron chi connectivity index (χ2n) is 5.07. The molecular formula is C18H24O5. The van der Waals surface area contributed by atoms with Crippen LogP contribution in [0.25, 0.3) is 6.08 Å². The summed E-state index contributed by atoms with van der Waals surface area (Å²) < 4.78 is 15.3. The van der Waals surface area contributed by atoms with Crippen LogP contribution in [-0.2, 0) is 14.3 Å². The van der Waals surface area contributed by atoms with Crippen molar-refractivity contribution < 1.29 is 23.8 Å². The summed E-state index contributed by atoms with van der Waals surface area (Å²) in [5.41, 5.74) is 0.751. The van der Waals surface area contributed by atoms with E-state index >= 15 is 0 Å². The van der Waals surface area contributed by atoms with Gasteiger partial charge < -0.3 is 14.2 Å². The third-order valence-electron chi connectivity index (χ3n) is 3.10. The molecule has 23 heavy (non-hydrogen) atoms. The molecule has 5 nitrogen and oxygen atoms in total. The predicted molar refractivity (Wildman–Crippen MR) is 88.4 cm³/mol. The highest BCUT2D eigenvalue weighted by Crippen LogP contribution is 2.28. The lowest BCUT2D eigenvalue weighted by Crippen LogP contribution is -2.03. The maximum absolute atomic E-state index is 11.6. The minimum atomic E-state index is -0.418. The van der Waals surface area contributed by atoms with E-state index in [0.717, 1.165) is 31.2 Å². The van der Waals surface area contributed by atoms with Gasteiger partial charge in [0.15, 0.2) is 11.5 Å². The lowest BCUT2D eigenvalue weighted by Gasteiger charge is -2.08. The summed E-state index contributed by atoms with van der Waals surface area (Å²) in [5, 5.41) is 0. The molecule has 0 fully saturated rings. The molecule has 5 heteroatoms. The van der Waals surface area contributed by atoms with E-state index in [-0.39, 0.29) is 5.97 Å². The lowest BCUT2D eigenvalue weighted by molar-refractivity contribution is -0.137. The van der Waals surface area contributed by atoms with E-state index in [1.54, 1.807) is 24.3 Å². The van der Waals surface area contributed by atoms with E-state index in [2.05, 4.69) is 6.92 Å². The highest BCUT2D eigenvalue weighted by atomic mass is 16.6. The number of rotatable bonds is 9. The van der Waals surface area contributed by atoms with E-state index in [1.807, 2.05) is 0 Å². The van der Waals surface area contributed by atoms with E-state index < -0.39 is 5.97 Å². The van der Waals surface area contributed by atoms with Crippen molar-refractivity contribution in [3.05, 3.63) is 29.8 Å². The first-order valence-corrected chi connectivity index (χ1v) is 7.78. The van der Waals surface area contributed by atoms with Gasteiger partial charge in [-0.15, -0.1) is 0 Å². The monoisotopic (exact) mass is 320 g/mol. The van der Waals surface area contributed by atoms with Gasteiger partial charge in [-0.25, -0.2) is 4.79 Å². The van der Waals surface area contributed by atoms with Crippen molar-refractivity contribution >= 4 is 18.0 Å². The van der Waals surface area contributed by atoms with Crippen molar-refractivity contribution in [1.82, 2.24) is 0 Å². The molecule has 0 spiro atoms. The van der Waals surface area contributed by atoms with Crippen LogP contribution in [0.2, 0.25) is 0 Å². The summed E-state index contributed by atoms with van der Waals surface area (Å²) in [4.78, 5) is 22.6. The molecule has 0 N–H and O–H groups in total. The quantitative estimate of drug-likeness (QED) is 0.300. The van der Waals surface area contributed by atoms with E-state index in [0.29, 0.717) is 18.1 Å². The van der Waals surface area contributed by atoms with Gasteiger partial charge in [0, 0.05) is 13.0 Å². The molecule has 126 valence electrons. The van der Waals surface area contributed by atoms with Crippen molar-refractivity contribution in [1.29, 1.82) is 0 Å². The molecule has 1 aromatic carbocycles. The Bertz CT molecular complexity index is 548. The third kappa shape index (κ3) is 7.49. The Morgan fingerprint density at radius 1 is 1.13 bits per heavy atom. The number of esters is 2. The van der Waals surface area contributed by atoms with Crippen LogP contribution >= 0.6 is 0 Å². The molecule has 0 saturated carbocycles. The first-order chi connectivity index (χ1) is 11.1. The molecule has 0 aliphatic rings. The summed E-state index contributed by atoms with van der Waals surface area (Å²) in [6, 6.07) is 5.03. The first kappa shape index (κ1) is 18.7. The maximum atomic E-state index is 11.6.